The minimum atomic E-state index is -4.82. The molecule has 0 spiro atoms. The van der Waals surface area contributed by atoms with Crippen molar-refractivity contribution < 1.29 is 31.1 Å². The van der Waals surface area contributed by atoms with Crippen molar-refractivity contribution in [2.24, 2.45) is 0 Å². The molecule has 3 aromatic rings. The molecule has 0 bridgehead atoms. The lowest BCUT2D eigenvalue weighted by Gasteiger charge is -2.34. The molecule has 1 aromatic heterocycles. The Morgan fingerprint density at radius 2 is 1.79 bits per heavy atom. The van der Waals surface area contributed by atoms with E-state index in [9.17, 15) is 31.1 Å². The monoisotopic (exact) mass is 502 g/mol. The molecule has 5 nitrogen and oxygen atoms in total. The van der Waals surface area contributed by atoms with Gasteiger partial charge >= 0.3 is 12.4 Å². The van der Waals surface area contributed by atoms with Gasteiger partial charge in [0.25, 0.3) is 5.91 Å². The summed E-state index contributed by atoms with van der Waals surface area (Å²) < 4.78 is 82.3. The number of nitrogens with one attached hydrogen (secondary N) is 2. The summed E-state index contributed by atoms with van der Waals surface area (Å²) in [6.07, 6.45) is -8.96. The van der Waals surface area contributed by atoms with Crippen molar-refractivity contribution >= 4 is 29.0 Å². The van der Waals surface area contributed by atoms with Crippen LogP contribution in [0.5, 0.6) is 0 Å². The standard InChI is InChI=1S/C22H17ClF6N4O/c1-11-2-4-12(5-3-11)17-9-18(22(27,28)29)33-19(31-17)14(10-30-33)20(34)32-16-7-6-13(23)8-15(16)21(24,25)26/h2-8,10,17-18,31H,9H2,1H3,(H,32,34)/t17-,18+/m1/s1. The predicted molar refractivity (Wildman–Crippen MR) is 114 cm³/mol. The highest BCUT2D eigenvalue weighted by Gasteiger charge is 2.47. The SMILES string of the molecule is Cc1ccc([C@H]2C[C@@H](C(F)(F)F)n3ncc(C(=O)Nc4ccc(Cl)cc4C(F)(F)F)c3N2)cc1. The number of hydrogen-bond donors (Lipinski definition) is 2. The van der Waals surface area contributed by atoms with Crippen molar-refractivity contribution in [1.29, 1.82) is 0 Å². The van der Waals surface area contributed by atoms with E-state index in [1.54, 1.807) is 24.3 Å². The van der Waals surface area contributed by atoms with Crippen molar-refractivity contribution in [3.05, 3.63) is 75.9 Å². The topological polar surface area (TPSA) is 59.0 Å². The molecule has 2 heterocycles. The Hall–Kier alpha value is -3.21. The number of halogens is 7. The number of anilines is 2. The number of amides is 1. The van der Waals surface area contributed by atoms with Gasteiger partial charge in [-0.15, -0.1) is 0 Å². The minimum absolute atomic E-state index is 0.191. The summed E-state index contributed by atoms with van der Waals surface area (Å²) in [5.74, 6) is -1.29. The Balaban J connectivity index is 1.71. The number of nitrogens with zero attached hydrogens (tertiary/aromatic N) is 2. The van der Waals surface area contributed by atoms with Gasteiger partial charge in [-0.25, -0.2) is 4.68 Å². The minimum Gasteiger partial charge on any atom is -0.363 e. The number of rotatable bonds is 3. The summed E-state index contributed by atoms with van der Waals surface area (Å²) in [6.45, 7) is 1.83. The third-order valence-electron chi connectivity index (χ3n) is 5.50. The number of benzene rings is 2. The third-order valence-corrected chi connectivity index (χ3v) is 5.73. The number of carbonyl (C=O) groups is 1. The van der Waals surface area contributed by atoms with Gasteiger partial charge in [-0.05, 0) is 30.7 Å². The van der Waals surface area contributed by atoms with Crippen LogP contribution in [0.2, 0.25) is 5.02 Å². The van der Waals surface area contributed by atoms with Crippen molar-refractivity contribution in [1.82, 2.24) is 9.78 Å². The molecule has 0 radical (unpaired) electrons. The lowest BCUT2D eigenvalue weighted by Crippen LogP contribution is -2.36. The van der Waals surface area contributed by atoms with E-state index < -0.39 is 41.6 Å². The van der Waals surface area contributed by atoms with Gasteiger partial charge in [-0.1, -0.05) is 41.4 Å². The van der Waals surface area contributed by atoms with Gasteiger partial charge in [-0.3, -0.25) is 4.79 Å². The summed E-state index contributed by atoms with van der Waals surface area (Å²) >= 11 is 5.65. The zero-order valence-corrected chi connectivity index (χ0v) is 18.2. The highest BCUT2D eigenvalue weighted by atomic mass is 35.5. The van der Waals surface area contributed by atoms with E-state index in [-0.39, 0.29) is 22.8 Å². The summed E-state index contributed by atoms with van der Waals surface area (Å²) in [4.78, 5) is 12.9. The van der Waals surface area contributed by atoms with Crippen LogP contribution in [0.25, 0.3) is 0 Å². The summed E-state index contributed by atoms with van der Waals surface area (Å²) in [5, 5.41) is 8.55. The molecule has 1 aliphatic rings. The fraction of sp³-hybridized carbons (Fsp3) is 0.273. The number of carbonyl (C=O) groups excluding carboxylic acids is 1. The molecule has 0 unspecified atom stereocenters. The van der Waals surface area contributed by atoms with Crippen LogP contribution in [0, 0.1) is 6.92 Å². The second-order valence-electron chi connectivity index (χ2n) is 7.89. The van der Waals surface area contributed by atoms with E-state index in [2.05, 4.69) is 15.7 Å². The molecule has 0 saturated carbocycles. The van der Waals surface area contributed by atoms with Gasteiger partial charge in [0.05, 0.1) is 23.5 Å². The summed E-state index contributed by atoms with van der Waals surface area (Å²) in [7, 11) is 0. The Labute approximate surface area is 194 Å². The lowest BCUT2D eigenvalue weighted by molar-refractivity contribution is -0.173. The second kappa shape index (κ2) is 8.53. The van der Waals surface area contributed by atoms with Gasteiger partial charge in [0.1, 0.15) is 11.4 Å². The molecule has 12 heteroatoms. The molecule has 180 valence electrons. The van der Waals surface area contributed by atoms with E-state index in [0.717, 1.165) is 23.9 Å². The zero-order chi connectivity index (χ0) is 24.8. The molecular formula is C22H17ClF6N4O. The molecule has 0 saturated heterocycles. The smallest absolute Gasteiger partial charge is 0.363 e. The van der Waals surface area contributed by atoms with Crippen molar-refractivity contribution in [3.63, 3.8) is 0 Å². The number of alkyl halides is 6. The van der Waals surface area contributed by atoms with Crippen LogP contribution < -0.4 is 10.6 Å². The fourth-order valence-corrected chi connectivity index (χ4v) is 3.97. The van der Waals surface area contributed by atoms with Crippen LogP contribution in [-0.2, 0) is 6.18 Å². The average molecular weight is 503 g/mol. The molecule has 1 amide bonds. The molecule has 34 heavy (non-hydrogen) atoms. The average Bonchev–Trinajstić information content (AvgIpc) is 3.17. The first kappa shape index (κ1) is 23.9. The van der Waals surface area contributed by atoms with E-state index >= 15 is 0 Å². The van der Waals surface area contributed by atoms with Crippen molar-refractivity contribution in [3.8, 4) is 0 Å². The highest BCUT2D eigenvalue weighted by molar-refractivity contribution is 6.30. The van der Waals surface area contributed by atoms with Crippen LogP contribution in [0.4, 0.5) is 37.8 Å². The molecule has 0 aliphatic carbocycles. The van der Waals surface area contributed by atoms with Gasteiger partial charge in [0, 0.05) is 11.4 Å². The first-order valence-corrected chi connectivity index (χ1v) is 10.4. The lowest BCUT2D eigenvalue weighted by atomic mass is 9.96. The first-order chi connectivity index (χ1) is 15.8. The first-order valence-electron chi connectivity index (χ1n) is 10.00. The number of hydrogen-bond acceptors (Lipinski definition) is 3. The van der Waals surface area contributed by atoms with Crippen LogP contribution in [0.1, 0.15) is 45.6 Å². The molecule has 2 N–H and O–H groups in total. The van der Waals surface area contributed by atoms with Crippen LogP contribution in [-0.4, -0.2) is 21.9 Å². The van der Waals surface area contributed by atoms with Gasteiger partial charge < -0.3 is 10.6 Å². The Morgan fingerprint density at radius 1 is 1.12 bits per heavy atom. The normalized spacial score (nSPS) is 18.2. The fourth-order valence-electron chi connectivity index (χ4n) is 3.80. The third kappa shape index (κ3) is 4.70. The number of aromatic nitrogens is 2. The van der Waals surface area contributed by atoms with Gasteiger partial charge in [0.15, 0.2) is 6.04 Å². The predicted octanol–water partition coefficient (Wildman–Crippen LogP) is 6.78. The molecular weight excluding hydrogens is 486 g/mol. The molecule has 0 fully saturated rings. The van der Waals surface area contributed by atoms with E-state index in [1.807, 2.05) is 6.92 Å². The highest BCUT2D eigenvalue weighted by Crippen LogP contribution is 2.44. The largest absolute Gasteiger partial charge is 0.418 e. The van der Waals surface area contributed by atoms with Crippen molar-refractivity contribution in [2.45, 2.75) is 37.8 Å². The maximum absolute atomic E-state index is 13.8. The zero-order valence-electron chi connectivity index (χ0n) is 17.4. The van der Waals surface area contributed by atoms with Gasteiger partial charge in [0.2, 0.25) is 0 Å². The van der Waals surface area contributed by atoms with E-state index in [4.69, 9.17) is 11.6 Å². The maximum atomic E-state index is 13.8. The Bertz CT molecular complexity index is 1220. The van der Waals surface area contributed by atoms with Gasteiger partial charge in [-0.2, -0.15) is 31.4 Å². The van der Waals surface area contributed by atoms with Crippen molar-refractivity contribution in [2.75, 3.05) is 10.6 Å². The Morgan fingerprint density at radius 3 is 2.41 bits per heavy atom. The number of aryl methyl sites for hydroxylation is 1. The quantitative estimate of drug-likeness (QED) is 0.388. The molecule has 1 aliphatic heterocycles. The molecule has 2 aromatic carbocycles. The molecule has 4 rings (SSSR count). The Kier molecular flexibility index (Phi) is 6.01. The summed E-state index contributed by atoms with van der Waals surface area (Å²) in [6, 6.07) is 6.80. The molecule has 2 atom stereocenters. The second-order valence-corrected chi connectivity index (χ2v) is 8.33. The maximum Gasteiger partial charge on any atom is 0.418 e. The van der Waals surface area contributed by atoms with Crippen LogP contribution in [0.15, 0.2) is 48.7 Å². The van der Waals surface area contributed by atoms with Crippen LogP contribution >= 0.6 is 11.6 Å². The summed E-state index contributed by atoms with van der Waals surface area (Å²) in [5.41, 5.74) is -0.613. The van der Waals surface area contributed by atoms with E-state index in [1.165, 1.54) is 0 Å². The van der Waals surface area contributed by atoms with Crippen LogP contribution in [0.3, 0.4) is 0 Å². The number of fused-ring (bicyclic) bond motifs is 1. The van der Waals surface area contributed by atoms with E-state index in [0.29, 0.717) is 16.3 Å².